The van der Waals surface area contributed by atoms with E-state index in [1.165, 1.54) is 25.7 Å². The number of carbonyl (C=O) groups is 1. The highest BCUT2D eigenvalue weighted by molar-refractivity contribution is 5.81. The first-order valence-corrected chi connectivity index (χ1v) is 8.54. The molecule has 2 aliphatic carbocycles. The van der Waals surface area contributed by atoms with Crippen LogP contribution in [-0.4, -0.2) is 18.1 Å². The average Bonchev–Trinajstić information content (AvgIpc) is 3.18. The van der Waals surface area contributed by atoms with Crippen molar-refractivity contribution in [2.45, 2.75) is 51.7 Å². The first kappa shape index (κ1) is 15.9. The molecule has 0 radical (unpaired) electrons. The summed E-state index contributed by atoms with van der Waals surface area (Å²) < 4.78 is 5.69. The molecule has 2 fully saturated rings. The second kappa shape index (κ2) is 6.62. The van der Waals surface area contributed by atoms with Crippen LogP contribution in [0.1, 0.15) is 45.1 Å². The van der Waals surface area contributed by atoms with Crippen LogP contribution in [0.4, 0.5) is 0 Å². The van der Waals surface area contributed by atoms with Crippen molar-refractivity contribution >= 4 is 5.91 Å². The lowest BCUT2D eigenvalue weighted by molar-refractivity contribution is -0.128. The van der Waals surface area contributed by atoms with Crippen LogP contribution in [0.3, 0.4) is 0 Å². The van der Waals surface area contributed by atoms with Crippen LogP contribution in [0.25, 0.3) is 0 Å². The van der Waals surface area contributed by atoms with Crippen molar-refractivity contribution in [1.82, 2.24) is 5.32 Å². The summed E-state index contributed by atoms with van der Waals surface area (Å²) in [5, 5.41) is 12.2. The minimum absolute atomic E-state index is 0.104. The number of hydrogen-bond donors (Lipinski definition) is 1. The van der Waals surface area contributed by atoms with E-state index in [9.17, 15) is 4.79 Å². The molecule has 3 rings (SSSR count). The zero-order chi connectivity index (χ0) is 16.4. The Kier molecular flexibility index (Phi) is 4.56. The molecule has 1 N–H and O–H groups in total. The molecule has 1 aromatic carbocycles. The summed E-state index contributed by atoms with van der Waals surface area (Å²) in [7, 11) is 0. The predicted molar refractivity (Wildman–Crippen MR) is 87.8 cm³/mol. The van der Waals surface area contributed by atoms with Gasteiger partial charge >= 0.3 is 0 Å². The van der Waals surface area contributed by atoms with E-state index < -0.39 is 6.10 Å². The largest absolute Gasteiger partial charge is 0.480 e. The molecule has 1 amide bonds. The third-order valence-electron chi connectivity index (χ3n) is 5.49. The Morgan fingerprint density at radius 2 is 2.09 bits per heavy atom. The number of amides is 1. The first-order chi connectivity index (χ1) is 11.1. The van der Waals surface area contributed by atoms with E-state index in [1.54, 1.807) is 31.2 Å². The number of nitrogens with zero attached hydrogens (tertiary/aromatic N) is 1. The van der Waals surface area contributed by atoms with Crippen LogP contribution in [0.15, 0.2) is 24.3 Å². The van der Waals surface area contributed by atoms with Gasteiger partial charge in [0.2, 0.25) is 0 Å². The fraction of sp³-hybridized carbons (Fsp3) is 0.579. The van der Waals surface area contributed by atoms with Crippen LogP contribution < -0.4 is 10.1 Å². The van der Waals surface area contributed by atoms with Gasteiger partial charge in [0.1, 0.15) is 11.8 Å². The number of carbonyl (C=O) groups excluding carboxylic acids is 1. The Morgan fingerprint density at radius 1 is 1.30 bits per heavy atom. The molecule has 0 aliphatic heterocycles. The van der Waals surface area contributed by atoms with E-state index in [0.717, 1.165) is 11.8 Å². The van der Waals surface area contributed by atoms with Crippen LogP contribution >= 0.6 is 0 Å². The van der Waals surface area contributed by atoms with Gasteiger partial charge < -0.3 is 10.1 Å². The maximum Gasteiger partial charge on any atom is 0.260 e. The number of fused-ring (bicyclic) bond motifs is 2. The maximum atomic E-state index is 12.4. The number of ether oxygens (including phenoxy) is 1. The molecule has 2 aliphatic rings. The van der Waals surface area contributed by atoms with E-state index in [4.69, 9.17) is 10.00 Å². The summed E-state index contributed by atoms with van der Waals surface area (Å²) in [4.78, 5) is 12.4. The Balaban J connectivity index is 1.56. The summed E-state index contributed by atoms with van der Waals surface area (Å²) in [5.74, 6) is 2.63. The minimum Gasteiger partial charge on any atom is -0.480 e. The van der Waals surface area contributed by atoms with E-state index in [0.29, 0.717) is 17.2 Å². The van der Waals surface area contributed by atoms with Crippen molar-refractivity contribution in [1.29, 1.82) is 5.26 Å². The van der Waals surface area contributed by atoms with Gasteiger partial charge in [0, 0.05) is 6.04 Å². The molecule has 4 heteroatoms. The molecule has 122 valence electrons. The summed E-state index contributed by atoms with van der Waals surface area (Å²) in [6.07, 6.45) is 4.67. The Hall–Kier alpha value is -2.02. The summed E-state index contributed by atoms with van der Waals surface area (Å²) in [6.45, 7) is 3.84. The normalized spacial score (nSPS) is 28.0. The molecular formula is C19H24N2O2. The van der Waals surface area contributed by atoms with Gasteiger partial charge in [-0.3, -0.25) is 4.79 Å². The lowest BCUT2D eigenvalue weighted by Gasteiger charge is -2.29. The summed E-state index contributed by atoms with van der Waals surface area (Å²) in [5.41, 5.74) is 0.452. The highest BCUT2D eigenvalue weighted by Crippen LogP contribution is 2.49. The molecule has 0 spiro atoms. The van der Waals surface area contributed by atoms with Crippen molar-refractivity contribution in [2.75, 3.05) is 0 Å². The van der Waals surface area contributed by atoms with E-state index in [1.807, 2.05) is 0 Å². The first-order valence-electron chi connectivity index (χ1n) is 8.54. The number of para-hydroxylation sites is 1. The number of nitrogens with one attached hydrogen (secondary N) is 1. The van der Waals surface area contributed by atoms with Gasteiger partial charge in [-0.25, -0.2) is 0 Å². The Morgan fingerprint density at radius 3 is 2.74 bits per heavy atom. The molecule has 0 saturated heterocycles. The van der Waals surface area contributed by atoms with Crippen molar-refractivity contribution in [3.63, 3.8) is 0 Å². The van der Waals surface area contributed by atoms with Gasteiger partial charge in [-0.2, -0.15) is 5.26 Å². The second-order valence-electron chi connectivity index (χ2n) is 7.00. The topological polar surface area (TPSA) is 62.1 Å². The Bertz CT molecular complexity index is 622. The lowest BCUT2D eigenvalue weighted by atomic mass is 9.84. The molecule has 0 aromatic heterocycles. The van der Waals surface area contributed by atoms with Crippen LogP contribution in [-0.2, 0) is 4.79 Å². The average molecular weight is 312 g/mol. The monoisotopic (exact) mass is 312 g/mol. The third kappa shape index (κ3) is 3.34. The highest BCUT2D eigenvalue weighted by Gasteiger charge is 2.42. The molecule has 2 saturated carbocycles. The van der Waals surface area contributed by atoms with Crippen molar-refractivity contribution in [3.05, 3.63) is 29.8 Å². The zero-order valence-corrected chi connectivity index (χ0v) is 13.8. The van der Waals surface area contributed by atoms with Crippen molar-refractivity contribution in [3.8, 4) is 11.8 Å². The smallest absolute Gasteiger partial charge is 0.260 e. The molecule has 2 bridgehead atoms. The third-order valence-corrected chi connectivity index (χ3v) is 5.49. The van der Waals surface area contributed by atoms with E-state index in [2.05, 4.69) is 18.3 Å². The minimum atomic E-state index is -0.606. The maximum absolute atomic E-state index is 12.4. The molecule has 0 unspecified atom stereocenters. The molecule has 0 heterocycles. The quantitative estimate of drug-likeness (QED) is 0.907. The predicted octanol–water partition coefficient (Wildman–Crippen LogP) is 3.27. The van der Waals surface area contributed by atoms with Gasteiger partial charge in [-0.05, 0) is 63.0 Å². The number of rotatable bonds is 5. The van der Waals surface area contributed by atoms with Gasteiger partial charge in [0.15, 0.2) is 6.10 Å². The molecule has 1 aromatic rings. The van der Waals surface area contributed by atoms with Gasteiger partial charge in [-0.1, -0.05) is 18.6 Å². The SMILES string of the molecule is C[C@@H](Oc1ccccc1C#N)C(=O)N[C@H](C)[C@@H]1C[C@@H]2CC[C@@H]1C2. The molecule has 5 atom stereocenters. The van der Waals surface area contributed by atoms with Crippen LogP contribution in [0, 0.1) is 29.1 Å². The standard InChI is InChI=1S/C19H24N2O2/c1-12(17-10-14-7-8-15(17)9-14)21-19(22)13(2)23-18-6-4-3-5-16(18)11-20/h3-6,12-15,17H,7-10H2,1-2H3,(H,21,22)/t12-,13-,14-,15-,17+/m1/s1. The van der Waals surface area contributed by atoms with Crippen molar-refractivity contribution < 1.29 is 9.53 Å². The van der Waals surface area contributed by atoms with Gasteiger partial charge in [0.25, 0.3) is 5.91 Å². The molecule has 4 nitrogen and oxygen atoms in total. The second-order valence-corrected chi connectivity index (χ2v) is 7.00. The van der Waals surface area contributed by atoms with Crippen LogP contribution in [0.5, 0.6) is 5.75 Å². The van der Waals surface area contributed by atoms with Crippen LogP contribution in [0.2, 0.25) is 0 Å². The van der Waals surface area contributed by atoms with E-state index in [-0.39, 0.29) is 11.9 Å². The summed E-state index contributed by atoms with van der Waals surface area (Å²) >= 11 is 0. The Labute approximate surface area is 137 Å². The van der Waals surface area contributed by atoms with Gasteiger partial charge in [-0.15, -0.1) is 0 Å². The lowest BCUT2D eigenvalue weighted by Crippen LogP contribution is -2.45. The fourth-order valence-corrected chi connectivity index (χ4v) is 4.26. The van der Waals surface area contributed by atoms with Gasteiger partial charge in [0.05, 0.1) is 5.56 Å². The number of benzene rings is 1. The molecule has 23 heavy (non-hydrogen) atoms. The zero-order valence-electron chi connectivity index (χ0n) is 13.8. The summed E-state index contributed by atoms with van der Waals surface area (Å²) in [6, 6.07) is 9.28. The number of hydrogen-bond acceptors (Lipinski definition) is 3. The fourth-order valence-electron chi connectivity index (χ4n) is 4.26. The molecular weight excluding hydrogens is 288 g/mol. The number of nitriles is 1. The van der Waals surface area contributed by atoms with Crippen molar-refractivity contribution in [2.24, 2.45) is 17.8 Å². The van der Waals surface area contributed by atoms with E-state index >= 15 is 0 Å². The highest BCUT2D eigenvalue weighted by atomic mass is 16.5.